The number of hydrogen-bond acceptors (Lipinski definition) is 4. The van der Waals surface area contributed by atoms with E-state index in [0.717, 1.165) is 11.1 Å². The van der Waals surface area contributed by atoms with Gasteiger partial charge in [0.15, 0.2) is 0 Å². The summed E-state index contributed by atoms with van der Waals surface area (Å²) in [6.07, 6.45) is 1.71. The van der Waals surface area contributed by atoms with Crippen LogP contribution in [0.2, 0.25) is 0 Å². The predicted octanol–water partition coefficient (Wildman–Crippen LogP) is 2.38. The first-order valence-corrected chi connectivity index (χ1v) is 7.91. The summed E-state index contributed by atoms with van der Waals surface area (Å²) in [7, 11) is 0. The number of hydrogen-bond donors (Lipinski definition) is 2. The fourth-order valence-electron chi connectivity index (χ4n) is 2.94. The van der Waals surface area contributed by atoms with Crippen LogP contribution in [0.3, 0.4) is 0 Å². The largest absolute Gasteiger partial charge is 0.392 e. The van der Waals surface area contributed by atoms with Crippen LogP contribution in [0.25, 0.3) is 17.0 Å². The normalized spacial score (nSPS) is 11.0. The van der Waals surface area contributed by atoms with Crippen LogP contribution in [0.1, 0.15) is 5.56 Å². The molecule has 6 nitrogen and oxygen atoms in total. The second-order valence-electron chi connectivity index (χ2n) is 5.85. The number of nitrogens with two attached hydrogens (primary N) is 2. The van der Waals surface area contributed by atoms with Gasteiger partial charge in [-0.1, -0.05) is 60.7 Å². The third-order valence-corrected chi connectivity index (χ3v) is 4.15. The average Bonchev–Trinajstić information content (AvgIpc) is 2.95. The van der Waals surface area contributed by atoms with E-state index in [2.05, 4.69) is 4.98 Å². The van der Waals surface area contributed by atoms with E-state index in [4.69, 9.17) is 11.5 Å². The molecule has 0 unspecified atom stereocenters. The fraction of sp³-hybridized carbons (Fsp3) is 0.0526. The lowest BCUT2D eigenvalue weighted by molar-refractivity contribution is 0.811. The fourth-order valence-corrected chi connectivity index (χ4v) is 2.94. The molecule has 124 valence electrons. The molecule has 0 saturated heterocycles. The summed E-state index contributed by atoms with van der Waals surface area (Å²) in [5.41, 5.74) is 14.2. The molecule has 0 bridgehead atoms. The van der Waals surface area contributed by atoms with Gasteiger partial charge in [0.25, 0.3) is 5.56 Å². The SMILES string of the molecule is Nc1c(-c2ccccc2)nc2n(Cc3ccccc3)cc(N)n2c1=O. The van der Waals surface area contributed by atoms with Crippen molar-refractivity contribution in [1.29, 1.82) is 0 Å². The molecule has 0 amide bonds. The topological polar surface area (TPSA) is 91.3 Å². The Balaban J connectivity index is 1.94. The third-order valence-electron chi connectivity index (χ3n) is 4.15. The number of fused-ring (bicyclic) bond motifs is 1. The Labute approximate surface area is 144 Å². The molecule has 0 atom stereocenters. The van der Waals surface area contributed by atoms with E-state index in [1.165, 1.54) is 4.40 Å². The Morgan fingerprint density at radius 3 is 2.24 bits per heavy atom. The number of nitrogen functional groups attached to an aromatic ring is 2. The Bertz CT molecular complexity index is 1100. The minimum absolute atomic E-state index is 0.0906. The quantitative estimate of drug-likeness (QED) is 0.603. The van der Waals surface area contributed by atoms with E-state index in [-0.39, 0.29) is 11.2 Å². The molecule has 4 aromatic rings. The van der Waals surface area contributed by atoms with Gasteiger partial charge in [-0.15, -0.1) is 0 Å². The molecule has 2 aromatic carbocycles. The van der Waals surface area contributed by atoms with Crippen LogP contribution >= 0.6 is 0 Å². The zero-order valence-electron chi connectivity index (χ0n) is 13.5. The number of nitrogens with zero attached hydrogens (tertiary/aromatic N) is 3. The summed E-state index contributed by atoms with van der Waals surface area (Å²) in [6.45, 7) is 0.562. The maximum atomic E-state index is 12.7. The molecule has 2 aromatic heterocycles. The summed E-state index contributed by atoms with van der Waals surface area (Å²) < 4.78 is 3.21. The van der Waals surface area contributed by atoms with Gasteiger partial charge in [-0.05, 0) is 5.56 Å². The smallest absolute Gasteiger partial charge is 0.284 e. The number of imidazole rings is 1. The molecule has 0 radical (unpaired) electrons. The summed E-state index contributed by atoms with van der Waals surface area (Å²) in [5.74, 6) is 0.786. The summed E-state index contributed by atoms with van der Waals surface area (Å²) in [5, 5.41) is 0. The highest BCUT2D eigenvalue weighted by Crippen LogP contribution is 2.23. The van der Waals surface area contributed by atoms with E-state index in [9.17, 15) is 4.79 Å². The first-order chi connectivity index (χ1) is 12.1. The number of rotatable bonds is 3. The highest BCUT2D eigenvalue weighted by molar-refractivity contribution is 5.74. The minimum Gasteiger partial charge on any atom is -0.392 e. The molecule has 2 heterocycles. The van der Waals surface area contributed by atoms with Gasteiger partial charge in [0.05, 0.1) is 6.54 Å². The third kappa shape index (κ3) is 2.53. The Morgan fingerprint density at radius 1 is 0.920 bits per heavy atom. The van der Waals surface area contributed by atoms with E-state index < -0.39 is 0 Å². The van der Waals surface area contributed by atoms with Gasteiger partial charge in [-0.3, -0.25) is 4.79 Å². The monoisotopic (exact) mass is 331 g/mol. The number of benzene rings is 2. The van der Waals surface area contributed by atoms with Crippen LogP contribution in [0.5, 0.6) is 0 Å². The molecular weight excluding hydrogens is 314 g/mol. The zero-order chi connectivity index (χ0) is 17.4. The summed E-state index contributed by atoms with van der Waals surface area (Å²) >= 11 is 0. The minimum atomic E-state index is -0.354. The molecule has 0 spiro atoms. The van der Waals surface area contributed by atoms with E-state index in [1.807, 2.05) is 65.2 Å². The summed E-state index contributed by atoms with van der Waals surface area (Å²) in [4.78, 5) is 17.4. The first-order valence-electron chi connectivity index (χ1n) is 7.91. The van der Waals surface area contributed by atoms with Crippen molar-refractivity contribution in [2.75, 3.05) is 11.5 Å². The maximum Gasteiger partial charge on any atom is 0.284 e. The highest BCUT2D eigenvalue weighted by Gasteiger charge is 2.16. The standard InChI is InChI=1S/C19H17N5O/c20-15-12-23(11-13-7-3-1-4-8-13)19-22-17(14-9-5-2-6-10-14)16(21)18(25)24(15)19/h1-10,12H,11,20-21H2. The van der Waals surface area contributed by atoms with Crippen molar-refractivity contribution >= 4 is 17.3 Å². The van der Waals surface area contributed by atoms with Crippen LogP contribution in [0.15, 0.2) is 71.7 Å². The van der Waals surface area contributed by atoms with Crippen molar-refractivity contribution in [3.05, 3.63) is 82.8 Å². The van der Waals surface area contributed by atoms with Gasteiger partial charge in [0.1, 0.15) is 17.2 Å². The van der Waals surface area contributed by atoms with Crippen molar-refractivity contribution in [2.45, 2.75) is 6.54 Å². The first kappa shape index (κ1) is 15.0. The van der Waals surface area contributed by atoms with Crippen LogP contribution in [0, 0.1) is 0 Å². The van der Waals surface area contributed by atoms with Crippen LogP contribution in [0.4, 0.5) is 11.5 Å². The van der Waals surface area contributed by atoms with Gasteiger partial charge in [-0.2, -0.15) is 0 Å². The molecule has 0 aliphatic rings. The lowest BCUT2D eigenvalue weighted by atomic mass is 10.1. The van der Waals surface area contributed by atoms with E-state index >= 15 is 0 Å². The van der Waals surface area contributed by atoms with Gasteiger partial charge >= 0.3 is 0 Å². The van der Waals surface area contributed by atoms with Gasteiger partial charge < -0.3 is 16.0 Å². The molecule has 0 saturated carbocycles. The second-order valence-corrected chi connectivity index (χ2v) is 5.85. The van der Waals surface area contributed by atoms with E-state index in [1.54, 1.807) is 6.20 Å². The highest BCUT2D eigenvalue weighted by atomic mass is 16.1. The molecule has 0 fully saturated rings. The van der Waals surface area contributed by atoms with Gasteiger partial charge in [0, 0.05) is 11.8 Å². The molecule has 6 heteroatoms. The zero-order valence-corrected chi connectivity index (χ0v) is 13.5. The number of anilines is 2. The molecule has 4 rings (SSSR count). The Kier molecular flexibility index (Phi) is 3.50. The van der Waals surface area contributed by atoms with Gasteiger partial charge in [0.2, 0.25) is 5.78 Å². The molecule has 25 heavy (non-hydrogen) atoms. The van der Waals surface area contributed by atoms with Crippen LogP contribution in [-0.4, -0.2) is 14.0 Å². The second kappa shape index (κ2) is 5.83. The van der Waals surface area contributed by atoms with Crippen molar-refractivity contribution in [3.63, 3.8) is 0 Å². The molecule has 4 N–H and O–H groups in total. The van der Waals surface area contributed by atoms with Crippen LogP contribution < -0.4 is 17.0 Å². The molecule has 0 aliphatic heterocycles. The lowest BCUT2D eigenvalue weighted by Gasteiger charge is -2.08. The van der Waals surface area contributed by atoms with Crippen LogP contribution in [-0.2, 0) is 6.54 Å². The van der Waals surface area contributed by atoms with E-state index in [0.29, 0.717) is 23.8 Å². The van der Waals surface area contributed by atoms with Crippen molar-refractivity contribution in [2.24, 2.45) is 0 Å². The Morgan fingerprint density at radius 2 is 1.56 bits per heavy atom. The maximum absolute atomic E-state index is 12.7. The van der Waals surface area contributed by atoms with Gasteiger partial charge in [-0.25, -0.2) is 9.38 Å². The molecular formula is C19H17N5O. The lowest BCUT2D eigenvalue weighted by Crippen LogP contribution is -2.21. The van der Waals surface area contributed by atoms with Crippen molar-refractivity contribution in [1.82, 2.24) is 14.0 Å². The summed E-state index contributed by atoms with van der Waals surface area (Å²) in [6, 6.07) is 19.4. The predicted molar refractivity (Wildman–Crippen MR) is 99.3 cm³/mol. The van der Waals surface area contributed by atoms with Crippen molar-refractivity contribution < 1.29 is 0 Å². The Hall–Kier alpha value is -3.54. The molecule has 0 aliphatic carbocycles. The average molecular weight is 331 g/mol. The number of aromatic nitrogens is 3. The van der Waals surface area contributed by atoms with Crippen molar-refractivity contribution in [3.8, 4) is 11.3 Å².